The normalized spacial score (nSPS) is 24.2. The third-order valence-corrected chi connectivity index (χ3v) is 2.57. The molecular weight excluding hydrogens is 164 g/mol. The fourth-order valence-electron chi connectivity index (χ4n) is 2.01. The maximum absolute atomic E-state index is 9.33. The molecule has 1 aromatic carbocycles. The second-order valence-electron chi connectivity index (χ2n) is 3.47. The summed E-state index contributed by atoms with van der Waals surface area (Å²) in [5.74, 6) is 0.961. The van der Waals surface area contributed by atoms with E-state index in [1.807, 2.05) is 12.1 Å². The fourth-order valence-corrected chi connectivity index (χ4v) is 2.01. The molecule has 0 spiro atoms. The molecule has 66 valence electrons. The number of benzene rings is 1. The number of nitrogens with zero attached hydrogens (tertiary/aromatic N) is 2. The van der Waals surface area contributed by atoms with Gasteiger partial charge < -0.3 is 10.0 Å². The highest BCUT2D eigenvalue weighted by atomic mass is 16.3. The van der Waals surface area contributed by atoms with Crippen molar-refractivity contribution in [1.82, 2.24) is 4.90 Å². The van der Waals surface area contributed by atoms with Crippen LogP contribution in [0.25, 0.3) is 0 Å². The van der Waals surface area contributed by atoms with Crippen LogP contribution >= 0.6 is 0 Å². The molecule has 0 amide bonds. The molecule has 1 unspecified atom stereocenters. The van der Waals surface area contributed by atoms with Gasteiger partial charge in [0.05, 0.1) is 6.54 Å². The van der Waals surface area contributed by atoms with Gasteiger partial charge in [-0.1, -0.05) is 24.3 Å². The summed E-state index contributed by atoms with van der Waals surface area (Å²) >= 11 is 0. The van der Waals surface area contributed by atoms with Crippen molar-refractivity contribution >= 4 is 5.84 Å². The highest BCUT2D eigenvalue weighted by molar-refractivity contribution is 6.03. The van der Waals surface area contributed by atoms with Crippen LogP contribution in [-0.4, -0.2) is 28.6 Å². The van der Waals surface area contributed by atoms with Crippen LogP contribution < -0.4 is 0 Å². The number of aliphatic imine (C=N–C) groups is 1. The van der Waals surface area contributed by atoms with Gasteiger partial charge in [0.25, 0.3) is 0 Å². The van der Waals surface area contributed by atoms with Crippen molar-refractivity contribution in [2.75, 3.05) is 6.54 Å². The first kappa shape index (κ1) is 7.09. The monoisotopic (exact) mass is 174 g/mol. The summed E-state index contributed by atoms with van der Waals surface area (Å²) in [5, 5.41) is 9.33. The first-order valence-electron chi connectivity index (χ1n) is 4.44. The van der Waals surface area contributed by atoms with Crippen LogP contribution in [-0.2, 0) is 6.54 Å². The molecule has 3 nitrogen and oxygen atoms in total. The average Bonchev–Trinajstić information content (AvgIpc) is 2.60. The van der Waals surface area contributed by atoms with E-state index in [4.69, 9.17) is 0 Å². The largest absolute Gasteiger partial charge is 0.370 e. The summed E-state index contributed by atoms with van der Waals surface area (Å²) in [6.45, 7) is 1.54. The molecule has 0 saturated carbocycles. The number of aliphatic hydroxyl groups is 1. The number of fused-ring (bicyclic) bond motifs is 3. The van der Waals surface area contributed by atoms with Crippen molar-refractivity contribution in [1.29, 1.82) is 0 Å². The number of aliphatic hydroxyl groups excluding tert-OH is 1. The molecule has 3 rings (SSSR count). The van der Waals surface area contributed by atoms with Crippen LogP contribution in [0.4, 0.5) is 0 Å². The molecule has 0 fully saturated rings. The van der Waals surface area contributed by atoms with Crippen LogP contribution in [0, 0.1) is 0 Å². The van der Waals surface area contributed by atoms with Gasteiger partial charge in [-0.2, -0.15) is 0 Å². The summed E-state index contributed by atoms with van der Waals surface area (Å²) in [7, 11) is 0. The van der Waals surface area contributed by atoms with Gasteiger partial charge in [-0.15, -0.1) is 0 Å². The predicted octanol–water partition coefficient (Wildman–Crippen LogP) is 0.581. The first-order valence-corrected chi connectivity index (χ1v) is 4.44. The Morgan fingerprint density at radius 2 is 2.23 bits per heavy atom. The van der Waals surface area contributed by atoms with Crippen molar-refractivity contribution in [2.45, 2.75) is 12.8 Å². The van der Waals surface area contributed by atoms with E-state index in [-0.39, 0.29) is 0 Å². The van der Waals surface area contributed by atoms with Gasteiger partial charge in [-0.3, -0.25) is 0 Å². The van der Waals surface area contributed by atoms with E-state index < -0.39 is 6.23 Å². The first-order chi connectivity index (χ1) is 6.34. The van der Waals surface area contributed by atoms with Crippen LogP contribution in [0.3, 0.4) is 0 Å². The van der Waals surface area contributed by atoms with Crippen LogP contribution in [0.5, 0.6) is 0 Å². The summed E-state index contributed by atoms with van der Waals surface area (Å²) < 4.78 is 0. The molecule has 2 heterocycles. The Morgan fingerprint density at radius 1 is 1.38 bits per heavy atom. The quantitative estimate of drug-likeness (QED) is 0.624. The molecule has 0 aliphatic carbocycles. The Balaban J connectivity index is 2.14. The summed E-state index contributed by atoms with van der Waals surface area (Å²) in [6.07, 6.45) is -0.525. The van der Waals surface area contributed by atoms with Crippen molar-refractivity contribution < 1.29 is 5.11 Å². The van der Waals surface area contributed by atoms with Gasteiger partial charge in [0, 0.05) is 12.1 Å². The number of hydrogen-bond acceptors (Lipinski definition) is 3. The Morgan fingerprint density at radius 3 is 3.15 bits per heavy atom. The average molecular weight is 174 g/mol. The molecule has 2 aliphatic heterocycles. The van der Waals surface area contributed by atoms with Gasteiger partial charge in [0.2, 0.25) is 0 Å². The van der Waals surface area contributed by atoms with E-state index in [1.54, 1.807) is 0 Å². The Labute approximate surface area is 76.3 Å². The van der Waals surface area contributed by atoms with E-state index in [2.05, 4.69) is 22.0 Å². The maximum atomic E-state index is 9.33. The zero-order valence-corrected chi connectivity index (χ0v) is 7.14. The highest BCUT2D eigenvalue weighted by Crippen LogP contribution is 2.26. The van der Waals surface area contributed by atoms with Crippen LogP contribution in [0.2, 0.25) is 0 Å². The molecular formula is C10H10N2O. The lowest BCUT2D eigenvalue weighted by atomic mass is 10.1. The second kappa shape index (κ2) is 2.33. The molecule has 2 aliphatic rings. The third kappa shape index (κ3) is 0.906. The van der Waals surface area contributed by atoms with Crippen LogP contribution in [0.15, 0.2) is 29.3 Å². The highest BCUT2D eigenvalue weighted by Gasteiger charge is 2.31. The van der Waals surface area contributed by atoms with Crippen molar-refractivity contribution in [3.05, 3.63) is 35.4 Å². The SMILES string of the molecule is OC1CN2Cc3ccccc3C2=N1. The number of amidine groups is 1. The molecule has 1 atom stereocenters. The molecule has 3 heteroatoms. The van der Waals surface area contributed by atoms with Crippen molar-refractivity contribution in [3.8, 4) is 0 Å². The maximum Gasteiger partial charge on any atom is 0.165 e. The molecule has 1 N–H and O–H groups in total. The zero-order chi connectivity index (χ0) is 8.84. The van der Waals surface area contributed by atoms with Crippen molar-refractivity contribution in [2.24, 2.45) is 4.99 Å². The minimum absolute atomic E-state index is 0.525. The zero-order valence-electron chi connectivity index (χ0n) is 7.14. The molecule has 0 radical (unpaired) electrons. The summed E-state index contributed by atoms with van der Waals surface area (Å²) in [5.41, 5.74) is 2.49. The lowest BCUT2D eigenvalue weighted by Gasteiger charge is -2.10. The lowest BCUT2D eigenvalue weighted by molar-refractivity contribution is 0.171. The van der Waals surface area contributed by atoms with Gasteiger partial charge in [-0.25, -0.2) is 4.99 Å². The van der Waals surface area contributed by atoms with Gasteiger partial charge in [-0.05, 0) is 5.56 Å². The van der Waals surface area contributed by atoms with Gasteiger partial charge >= 0.3 is 0 Å². The molecule has 1 aromatic rings. The lowest BCUT2D eigenvalue weighted by Crippen LogP contribution is -2.23. The smallest absolute Gasteiger partial charge is 0.165 e. The van der Waals surface area contributed by atoms with E-state index in [1.165, 1.54) is 11.1 Å². The fraction of sp³-hybridized carbons (Fsp3) is 0.300. The third-order valence-electron chi connectivity index (χ3n) is 2.57. The number of hydrogen-bond donors (Lipinski definition) is 1. The summed E-state index contributed by atoms with van der Waals surface area (Å²) in [6, 6.07) is 8.22. The molecule has 0 saturated heterocycles. The van der Waals surface area contributed by atoms with E-state index >= 15 is 0 Å². The van der Waals surface area contributed by atoms with Crippen LogP contribution in [0.1, 0.15) is 11.1 Å². The topological polar surface area (TPSA) is 35.8 Å². The molecule has 0 bridgehead atoms. The second-order valence-corrected chi connectivity index (χ2v) is 3.47. The number of rotatable bonds is 0. The van der Waals surface area contributed by atoms with E-state index in [9.17, 15) is 5.11 Å². The standard InChI is InChI=1S/C10H10N2O/c13-9-6-12-5-7-3-1-2-4-8(7)10(12)11-9/h1-4,9,13H,5-6H2. The van der Waals surface area contributed by atoms with E-state index in [0.717, 1.165) is 12.4 Å². The van der Waals surface area contributed by atoms with Gasteiger partial charge in [0.1, 0.15) is 5.84 Å². The Hall–Kier alpha value is -1.35. The van der Waals surface area contributed by atoms with Crippen molar-refractivity contribution in [3.63, 3.8) is 0 Å². The minimum atomic E-state index is -0.525. The molecule has 0 aromatic heterocycles. The minimum Gasteiger partial charge on any atom is -0.370 e. The Bertz CT molecular complexity index is 386. The predicted molar refractivity (Wildman–Crippen MR) is 49.4 cm³/mol. The van der Waals surface area contributed by atoms with Gasteiger partial charge in [0.15, 0.2) is 6.23 Å². The Kier molecular flexibility index (Phi) is 1.27. The molecule has 13 heavy (non-hydrogen) atoms. The van der Waals surface area contributed by atoms with E-state index in [0.29, 0.717) is 6.54 Å². The summed E-state index contributed by atoms with van der Waals surface area (Å²) in [4.78, 5) is 6.31.